The molecule has 2 fully saturated rings. The van der Waals surface area contributed by atoms with Gasteiger partial charge in [0.1, 0.15) is 5.60 Å². The topological polar surface area (TPSA) is 20.2 Å². The fourth-order valence-corrected chi connectivity index (χ4v) is 3.66. The van der Waals surface area contributed by atoms with Crippen LogP contribution in [0.25, 0.3) is 0 Å². The Morgan fingerprint density at radius 3 is 2.50 bits per heavy atom. The molecule has 2 rings (SSSR count). The van der Waals surface area contributed by atoms with E-state index in [9.17, 15) is 5.11 Å². The fourth-order valence-electron chi connectivity index (χ4n) is 3.66. The number of unbranched alkanes of at least 4 members (excludes halogenated alkanes) is 2. The summed E-state index contributed by atoms with van der Waals surface area (Å²) in [6, 6.07) is 0. The molecular weight excluding hydrogens is 244 g/mol. The van der Waals surface area contributed by atoms with Crippen molar-refractivity contribution < 1.29 is 5.11 Å². The van der Waals surface area contributed by atoms with E-state index in [1.807, 2.05) is 0 Å². The molecule has 0 radical (unpaired) electrons. The highest BCUT2D eigenvalue weighted by Gasteiger charge is 2.50. The molecule has 0 aromatic carbocycles. The van der Waals surface area contributed by atoms with Gasteiger partial charge < -0.3 is 5.11 Å². The minimum absolute atomic E-state index is 0.482. The van der Waals surface area contributed by atoms with Crippen LogP contribution < -0.4 is 0 Å². The summed E-state index contributed by atoms with van der Waals surface area (Å²) in [6.45, 7) is 2.20. The van der Waals surface area contributed by atoms with Crippen LogP contribution in [0.4, 0.5) is 0 Å². The summed E-state index contributed by atoms with van der Waals surface area (Å²) >= 11 is 0. The predicted molar refractivity (Wildman–Crippen MR) is 85.4 cm³/mol. The van der Waals surface area contributed by atoms with Crippen LogP contribution in [0.15, 0.2) is 0 Å². The fraction of sp³-hybridized carbons (Fsp3) is 0.895. The molecule has 0 spiro atoms. The van der Waals surface area contributed by atoms with Crippen molar-refractivity contribution in [1.82, 2.24) is 0 Å². The molecule has 2 aliphatic rings. The van der Waals surface area contributed by atoms with Crippen LogP contribution in [-0.2, 0) is 0 Å². The lowest BCUT2D eigenvalue weighted by Crippen LogP contribution is -2.30. The van der Waals surface area contributed by atoms with Crippen molar-refractivity contribution in [1.29, 1.82) is 0 Å². The molecule has 0 heterocycles. The van der Waals surface area contributed by atoms with E-state index < -0.39 is 5.60 Å². The summed E-state index contributed by atoms with van der Waals surface area (Å²) in [5, 5.41) is 11.0. The second-order valence-corrected chi connectivity index (χ2v) is 6.95. The first-order chi connectivity index (χ1) is 9.76. The summed E-state index contributed by atoms with van der Waals surface area (Å²) < 4.78 is 0. The van der Waals surface area contributed by atoms with E-state index in [-0.39, 0.29) is 0 Å². The van der Waals surface area contributed by atoms with Crippen molar-refractivity contribution in [3.05, 3.63) is 0 Å². The van der Waals surface area contributed by atoms with Gasteiger partial charge >= 0.3 is 0 Å². The van der Waals surface area contributed by atoms with Crippen LogP contribution in [0.5, 0.6) is 0 Å². The van der Waals surface area contributed by atoms with Gasteiger partial charge in [-0.25, -0.2) is 0 Å². The Labute approximate surface area is 125 Å². The van der Waals surface area contributed by atoms with Crippen LogP contribution in [0.3, 0.4) is 0 Å². The molecular formula is C19H32O. The minimum atomic E-state index is -0.655. The second-order valence-electron chi connectivity index (χ2n) is 6.95. The lowest BCUT2D eigenvalue weighted by molar-refractivity contribution is 0.0588. The molecule has 2 aliphatic carbocycles. The zero-order chi connectivity index (χ0) is 14.3. The van der Waals surface area contributed by atoms with E-state index in [1.54, 1.807) is 0 Å². The monoisotopic (exact) mass is 276 g/mol. The number of fused-ring (bicyclic) bond motifs is 1. The van der Waals surface area contributed by atoms with Gasteiger partial charge in [0.2, 0.25) is 0 Å². The normalized spacial score (nSPS) is 34.9. The van der Waals surface area contributed by atoms with E-state index in [1.165, 1.54) is 57.8 Å². The number of aliphatic hydroxyl groups is 1. The number of rotatable bonds is 2. The standard InChI is InChI=1S/C19H32O/c1-2-3-4-11-14-19(20)15-12-9-7-5-6-8-10-13-17-16-18(17)19/h17-18,20H,2-10,12-13,15-16H2,1H3/t17-,18-,19-/m0/s1. The van der Waals surface area contributed by atoms with Gasteiger partial charge in [-0.15, -0.1) is 5.92 Å². The van der Waals surface area contributed by atoms with Crippen LogP contribution in [0.1, 0.15) is 90.4 Å². The molecule has 0 aromatic rings. The molecule has 1 heteroatoms. The Hall–Kier alpha value is -0.480. The van der Waals surface area contributed by atoms with E-state index in [4.69, 9.17) is 0 Å². The van der Waals surface area contributed by atoms with Crippen LogP contribution in [0.2, 0.25) is 0 Å². The van der Waals surface area contributed by atoms with Crippen molar-refractivity contribution in [2.24, 2.45) is 11.8 Å². The van der Waals surface area contributed by atoms with Crippen molar-refractivity contribution in [3.63, 3.8) is 0 Å². The molecule has 0 bridgehead atoms. The SMILES string of the molecule is CCCCC#C[C@]1(O)CCCCCCCCC[C@H]2C[C@@H]21. The molecule has 0 aromatic heterocycles. The van der Waals surface area contributed by atoms with E-state index >= 15 is 0 Å². The largest absolute Gasteiger partial charge is 0.377 e. The summed E-state index contributed by atoms with van der Waals surface area (Å²) in [7, 11) is 0. The second kappa shape index (κ2) is 8.08. The van der Waals surface area contributed by atoms with Gasteiger partial charge in [0.05, 0.1) is 0 Å². The molecule has 0 unspecified atom stereocenters. The number of hydrogen-bond donors (Lipinski definition) is 1. The van der Waals surface area contributed by atoms with Crippen molar-refractivity contribution in [2.45, 2.75) is 96.0 Å². The summed E-state index contributed by atoms with van der Waals surface area (Å²) in [5.41, 5.74) is -0.655. The first kappa shape index (κ1) is 15.9. The highest BCUT2D eigenvalue weighted by atomic mass is 16.3. The molecule has 2 saturated carbocycles. The highest BCUT2D eigenvalue weighted by Crippen LogP contribution is 2.51. The number of hydrogen-bond acceptors (Lipinski definition) is 1. The average Bonchev–Trinajstić information content (AvgIpc) is 3.21. The summed E-state index contributed by atoms with van der Waals surface area (Å²) in [5.74, 6) is 7.79. The van der Waals surface area contributed by atoms with E-state index in [0.717, 1.165) is 31.6 Å². The Morgan fingerprint density at radius 1 is 1.05 bits per heavy atom. The third-order valence-corrected chi connectivity index (χ3v) is 5.13. The van der Waals surface area contributed by atoms with Gasteiger partial charge in [0, 0.05) is 12.3 Å². The Balaban J connectivity index is 1.92. The molecule has 114 valence electrons. The zero-order valence-corrected chi connectivity index (χ0v) is 13.3. The average molecular weight is 276 g/mol. The van der Waals surface area contributed by atoms with E-state index in [2.05, 4.69) is 18.8 Å². The maximum atomic E-state index is 11.0. The minimum Gasteiger partial charge on any atom is -0.377 e. The van der Waals surface area contributed by atoms with Gasteiger partial charge in [0.25, 0.3) is 0 Å². The Bertz CT molecular complexity index is 337. The van der Waals surface area contributed by atoms with Gasteiger partial charge in [-0.3, -0.25) is 0 Å². The van der Waals surface area contributed by atoms with Crippen molar-refractivity contribution >= 4 is 0 Å². The molecule has 1 N–H and O–H groups in total. The molecule has 20 heavy (non-hydrogen) atoms. The Morgan fingerprint density at radius 2 is 1.75 bits per heavy atom. The molecule has 3 atom stereocenters. The van der Waals surface area contributed by atoms with Crippen molar-refractivity contribution in [2.75, 3.05) is 0 Å². The quantitative estimate of drug-likeness (QED) is 0.551. The molecule has 0 amide bonds. The van der Waals surface area contributed by atoms with Crippen LogP contribution >= 0.6 is 0 Å². The molecule has 0 saturated heterocycles. The molecule has 1 nitrogen and oxygen atoms in total. The van der Waals surface area contributed by atoms with Gasteiger partial charge in [0.15, 0.2) is 0 Å². The van der Waals surface area contributed by atoms with Crippen molar-refractivity contribution in [3.8, 4) is 11.8 Å². The van der Waals surface area contributed by atoms with Gasteiger partial charge in [-0.1, -0.05) is 64.2 Å². The molecule has 0 aliphatic heterocycles. The summed E-state index contributed by atoms with van der Waals surface area (Å²) in [6.07, 6.45) is 16.1. The Kier molecular flexibility index (Phi) is 6.43. The maximum absolute atomic E-state index is 11.0. The first-order valence-corrected chi connectivity index (χ1v) is 8.98. The summed E-state index contributed by atoms with van der Waals surface area (Å²) in [4.78, 5) is 0. The first-order valence-electron chi connectivity index (χ1n) is 8.98. The van der Waals surface area contributed by atoms with Crippen LogP contribution in [0, 0.1) is 23.7 Å². The lowest BCUT2D eigenvalue weighted by atomic mass is 9.88. The lowest BCUT2D eigenvalue weighted by Gasteiger charge is -2.23. The highest BCUT2D eigenvalue weighted by molar-refractivity contribution is 5.20. The third-order valence-electron chi connectivity index (χ3n) is 5.13. The van der Waals surface area contributed by atoms with Gasteiger partial charge in [-0.05, 0) is 31.6 Å². The zero-order valence-electron chi connectivity index (χ0n) is 13.3. The van der Waals surface area contributed by atoms with Crippen LogP contribution in [-0.4, -0.2) is 10.7 Å². The predicted octanol–water partition coefficient (Wildman–Crippen LogP) is 5.07. The van der Waals surface area contributed by atoms with E-state index in [0.29, 0.717) is 5.92 Å². The smallest absolute Gasteiger partial charge is 0.128 e. The maximum Gasteiger partial charge on any atom is 0.128 e. The van der Waals surface area contributed by atoms with Gasteiger partial charge in [-0.2, -0.15) is 0 Å². The third kappa shape index (κ3) is 4.81.